The first kappa shape index (κ1) is 10.1. The van der Waals surface area contributed by atoms with E-state index in [4.69, 9.17) is 0 Å². The lowest BCUT2D eigenvalue weighted by atomic mass is 9.92. The van der Waals surface area contributed by atoms with Crippen molar-refractivity contribution in [3.63, 3.8) is 0 Å². The van der Waals surface area contributed by atoms with Crippen LogP contribution in [0.15, 0.2) is 18.2 Å². The van der Waals surface area contributed by atoms with Crippen molar-refractivity contribution in [1.29, 1.82) is 0 Å². The van der Waals surface area contributed by atoms with Crippen LogP contribution in [0.25, 0.3) is 0 Å². The van der Waals surface area contributed by atoms with Crippen LogP contribution in [0.2, 0.25) is 0 Å². The molecule has 1 atom stereocenters. The normalized spacial score (nSPS) is 20.3. The molecule has 0 bridgehead atoms. The van der Waals surface area contributed by atoms with Gasteiger partial charge in [-0.25, -0.2) is 0 Å². The maximum atomic E-state index is 12.0. The van der Waals surface area contributed by atoms with Crippen LogP contribution in [0.1, 0.15) is 29.8 Å². The molecule has 0 fully saturated rings. The van der Waals surface area contributed by atoms with Gasteiger partial charge < -0.3 is 0 Å². The van der Waals surface area contributed by atoms with Gasteiger partial charge in [-0.05, 0) is 46.6 Å². The average Bonchev–Trinajstić information content (AvgIpc) is 2.46. The fourth-order valence-corrected chi connectivity index (χ4v) is 2.77. The highest BCUT2D eigenvalue weighted by molar-refractivity contribution is 14.1. The smallest absolute Gasteiger partial charge is 0.166 e. The molecule has 0 saturated carbocycles. The molecule has 1 nitrogen and oxygen atoms in total. The standard InChI is InChI=1S/C12H13IO/c1-7(2)9-6-10-8(12(9)14)4-3-5-11(10)13/h3-5,7,9H,6H2,1-2H3. The van der Waals surface area contributed by atoms with Gasteiger partial charge in [0.2, 0.25) is 0 Å². The molecule has 1 aromatic rings. The summed E-state index contributed by atoms with van der Waals surface area (Å²) in [5.41, 5.74) is 2.22. The summed E-state index contributed by atoms with van der Waals surface area (Å²) >= 11 is 2.32. The Bertz CT molecular complexity index is 382. The van der Waals surface area contributed by atoms with Crippen LogP contribution in [0, 0.1) is 15.4 Å². The first-order valence-corrected chi connectivity index (χ1v) is 6.00. The van der Waals surface area contributed by atoms with Crippen molar-refractivity contribution in [3.05, 3.63) is 32.9 Å². The number of ketones is 1. The second kappa shape index (κ2) is 3.65. The second-order valence-corrected chi connectivity index (χ2v) is 5.35. The van der Waals surface area contributed by atoms with E-state index in [9.17, 15) is 4.79 Å². The highest BCUT2D eigenvalue weighted by Crippen LogP contribution is 2.33. The zero-order valence-corrected chi connectivity index (χ0v) is 10.5. The third kappa shape index (κ3) is 1.49. The largest absolute Gasteiger partial charge is 0.294 e. The van der Waals surface area contributed by atoms with Gasteiger partial charge in [-0.1, -0.05) is 26.0 Å². The van der Waals surface area contributed by atoms with Crippen LogP contribution in [-0.4, -0.2) is 5.78 Å². The minimum atomic E-state index is 0.209. The Morgan fingerprint density at radius 1 is 1.43 bits per heavy atom. The van der Waals surface area contributed by atoms with Crippen LogP contribution in [0.5, 0.6) is 0 Å². The minimum Gasteiger partial charge on any atom is -0.294 e. The minimum absolute atomic E-state index is 0.209. The Labute approximate surface area is 98.0 Å². The molecule has 2 rings (SSSR count). The fraction of sp³-hybridized carbons (Fsp3) is 0.417. The van der Waals surface area contributed by atoms with Gasteiger partial charge in [-0.3, -0.25) is 4.79 Å². The molecule has 0 aliphatic heterocycles. The number of Topliss-reactive ketones (excluding diaryl/α,β-unsaturated/α-hetero) is 1. The van der Waals surface area contributed by atoms with Gasteiger partial charge in [0, 0.05) is 15.1 Å². The molecule has 1 aliphatic carbocycles. The number of carbonyl (C=O) groups excluding carboxylic acids is 1. The molecule has 0 amide bonds. The van der Waals surface area contributed by atoms with Crippen molar-refractivity contribution in [2.24, 2.45) is 11.8 Å². The molecule has 14 heavy (non-hydrogen) atoms. The molecular weight excluding hydrogens is 287 g/mol. The third-order valence-electron chi connectivity index (χ3n) is 2.95. The first-order chi connectivity index (χ1) is 6.61. The Morgan fingerprint density at radius 2 is 2.14 bits per heavy atom. The molecule has 0 saturated heterocycles. The summed E-state index contributed by atoms with van der Waals surface area (Å²) in [5.74, 6) is 1.00. The summed E-state index contributed by atoms with van der Waals surface area (Å²) in [6, 6.07) is 6.01. The van der Waals surface area contributed by atoms with Crippen molar-refractivity contribution in [3.8, 4) is 0 Å². The van der Waals surface area contributed by atoms with Crippen molar-refractivity contribution < 1.29 is 4.79 Å². The predicted molar refractivity (Wildman–Crippen MR) is 65.5 cm³/mol. The number of halogens is 1. The molecule has 0 N–H and O–H groups in total. The van der Waals surface area contributed by atoms with Crippen molar-refractivity contribution in [1.82, 2.24) is 0 Å². The highest BCUT2D eigenvalue weighted by atomic mass is 127. The lowest BCUT2D eigenvalue weighted by molar-refractivity contribution is 0.0906. The van der Waals surface area contributed by atoms with E-state index in [1.807, 2.05) is 12.1 Å². The maximum Gasteiger partial charge on any atom is 0.166 e. The van der Waals surface area contributed by atoms with Crippen molar-refractivity contribution in [2.45, 2.75) is 20.3 Å². The summed E-state index contributed by atoms with van der Waals surface area (Å²) in [7, 11) is 0. The third-order valence-corrected chi connectivity index (χ3v) is 3.96. The lowest BCUT2D eigenvalue weighted by Gasteiger charge is -2.10. The number of rotatable bonds is 1. The summed E-state index contributed by atoms with van der Waals surface area (Å²) in [4.78, 5) is 12.0. The monoisotopic (exact) mass is 300 g/mol. The molecule has 1 aromatic carbocycles. The highest BCUT2D eigenvalue weighted by Gasteiger charge is 2.33. The number of hydrogen-bond acceptors (Lipinski definition) is 1. The zero-order chi connectivity index (χ0) is 10.3. The van der Waals surface area contributed by atoms with Crippen LogP contribution in [-0.2, 0) is 6.42 Å². The van der Waals surface area contributed by atoms with Gasteiger partial charge in [0.25, 0.3) is 0 Å². The van der Waals surface area contributed by atoms with Crippen LogP contribution < -0.4 is 0 Å². The van der Waals surface area contributed by atoms with Gasteiger partial charge in [0.1, 0.15) is 0 Å². The van der Waals surface area contributed by atoms with Crippen molar-refractivity contribution in [2.75, 3.05) is 0 Å². The van der Waals surface area contributed by atoms with Gasteiger partial charge >= 0.3 is 0 Å². The summed E-state index contributed by atoms with van der Waals surface area (Å²) in [5, 5.41) is 0. The second-order valence-electron chi connectivity index (χ2n) is 4.18. The van der Waals surface area contributed by atoms with Gasteiger partial charge in [0.15, 0.2) is 5.78 Å². The van der Waals surface area contributed by atoms with E-state index in [-0.39, 0.29) is 5.92 Å². The molecular formula is C12H13IO. The van der Waals surface area contributed by atoms with Crippen LogP contribution in [0.4, 0.5) is 0 Å². The number of fused-ring (bicyclic) bond motifs is 1. The molecule has 0 heterocycles. The molecule has 2 heteroatoms. The van der Waals surface area contributed by atoms with E-state index in [0.717, 1.165) is 12.0 Å². The maximum absolute atomic E-state index is 12.0. The van der Waals surface area contributed by atoms with Gasteiger partial charge in [-0.15, -0.1) is 0 Å². The fourth-order valence-electron chi connectivity index (χ4n) is 2.05. The Morgan fingerprint density at radius 3 is 2.71 bits per heavy atom. The van der Waals surface area contributed by atoms with E-state index >= 15 is 0 Å². The number of benzene rings is 1. The molecule has 74 valence electrons. The summed E-state index contributed by atoms with van der Waals surface area (Å²) < 4.78 is 1.23. The molecule has 1 unspecified atom stereocenters. The van der Waals surface area contributed by atoms with Gasteiger partial charge in [0.05, 0.1) is 0 Å². The van der Waals surface area contributed by atoms with E-state index in [0.29, 0.717) is 11.7 Å². The van der Waals surface area contributed by atoms with E-state index in [1.54, 1.807) is 0 Å². The predicted octanol–water partition coefficient (Wildman–Crippen LogP) is 3.30. The zero-order valence-electron chi connectivity index (χ0n) is 8.38. The SMILES string of the molecule is CC(C)C1Cc2c(I)cccc2C1=O. The Kier molecular flexibility index (Phi) is 2.64. The summed E-state index contributed by atoms with van der Waals surface area (Å²) in [6.07, 6.45) is 0.935. The first-order valence-electron chi connectivity index (χ1n) is 4.93. The summed E-state index contributed by atoms with van der Waals surface area (Å²) in [6.45, 7) is 4.25. The topological polar surface area (TPSA) is 17.1 Å². The average molecular weight is 300 g/mol. The van der Waals surface area contributed by atoms with Crippen LogP contribution >= 0.6 is 22.6 Å². The molecule has 0 aromatic heterocycles. The van der Waals surface area contributed by atoms with E-state index in [2.05, 4.69) is 42.5 Å². The van der Waals surface area contributed by atoms with Crippen LogP contribution in [0.3, 0.4) is 0 Å². The van der Waals surface area contributed by atoms with E-state index in [1.165, 1.54) is 9.13 Å². The molecule has 1 aliphatic rings. The van der Waals surface area contributed by atoms with E-state index < -0.39 is 0 Å². The molecule has 0 radical (unpaired) electrons. The Balaban J connectivity index is 2.45. The number of carbonyl (C=O) groups is 1. The lowest BCUT2D eigenvalue weighted by Crippen LogP contribution is -2.15. The number of hydrogen-bond donors (Lipinski definition) is 0. The quantitative estimate of drug-likeness (QED) is 0.727. The van der Waals surface area contributed by atoms with Crippen molar-refractivity contribution >= 4 is 28.4 Å². The molecule has 0 spiro atoms. The van der Waals surface area contributed by atoms with Gasteiger partial charge in [-0.2, -0.15) is 0 Å². The Hall–Kier alpha value is -0.380.